The first kappa shape index (κ1) is 31.7. The average molecular weight is 592 g/mol. The van der Waals surface area contributed by atoms with Gasteiger partial charge in [0.25, 0.3) is 5.91 Å². The van der Waals surface area contributed by atoms with Crippen molar-refractivity contribution in [1.29, 1.82) is 0 Å². The fourth-order valence-corrected chi connectivity index (χ4v) is 5.33. The summed E-state index contributed by atoms with van der Waals surface area (Å²) in [4.78, 5) is 59.7. The van der Waals surface area contributed by atoms with Gasteiger partial charge in [-0.25, -0.2) is 4.98 Å². The molecule has 2 aromatic heterocycles. The maximum Gasteiger partial charge on any atom is 0.294 e. The van der Waals surface area contributed by atoms with Gasteiger partial charge < -0.3 is 29.6 Å². The number of hydrogen-bond donors (Lipinski definition) is 2. The highest BCUT2D eigenvalue weighted by Crippen LogP contribution is 2.35. The number of carbonyl (C=O) groups excluding carboxylic acids is 4. The lowest BCUT2D eigenvalue weighted by atomic mass is 9.81. The lowest BCUT2D eigenvalue weighted by Gasteiger charge is -2.28. The fourth-order valence-electron chi connectivity index (χ4n) is 5.33. The van der Waals surface area contributed by atoms with Gasteiger partial charge in [-0.05, 0) is 68.4 Å². The van der Waals surface area contributed by atoms with Crippen molar-refractivity contribution in [2.75, 3.05) is 52.0 Å². The number of pyridine rings is 1. The van der Waals surface area contributed by atoms with Gasteiger partial charge in [0, 0.05) is 64.8 Å². The monoisotopic (exact) mass is 591 g/mol. The number of rotatable bonds is 11. The molecule has 0 aliphatic heterocycles. The number of nitrogens with zero attached hydrogens (tertiary/aromatic N) is 3. The second kappa shape index (κ2) is 14.3. The summed E-state index contributed by atoms with van der Waals surface area (Å²) in [6.45, 7) is 3.04. The van der Waals surface area contributed by atoms with Gasteiger partial charge in [-0.2, -0.15) is 0 Å². The molecule has 2 heterocycles. The van der Waals surface area contributed by atoms with Crippen molar-refractivity contribution in [2.45, 2.75) is 45.4 Å². The maximum atomic E-state index is 13.5. The number of nitrogens with one attached hydrogen (secondary N) is 2. The fraction of sp³-hybridized carbons (Fsp3) is 0.469. The zero-order chi connectivity index (χ0) is 31.1. The van der Waals surface area contributed by atoms with Gasteiger partial charge in [0.1, 0.15) is 17.1 Å². The minimum Gasteiger partial charge on any atom is -0.449 e. The summed E-state index contributed by atoms with van der Waals surface area (Å²) < 4.78 is 11.1. The highest BCUT2D eigenvalue weighted by atomic mass is 16.5. The van der Waals surface area contributed by atoms with Crippen LogP contribution in [-0.4, -0.2) is 79.8 Å². The van der Waals surface area contributed by atoms with Gasteiger partial charge >= 0.3 is 0 Å². The second-order valence-corrected chi connectivity index (χ2v) is 11.4. The van der Waals surface area contributed by atoms with E-state index in [1.165, 1.54) is 0 Å². The number of anilines is 2. The summed E-state index contributed by atoms with van der Waals surface area (Å²) in [6, 6.07) is 8.79. The molecule has 0 spiro atoms. The molecule has 1 saturated carbocycles. The van der Waals surface area contributed by atoms with Crippen molar-refractivity contribution in [3.63, 3.8) is 0 Å². The smallest absolute Gasteiger partial charge is 0.294 e. The third-order valence-corrected chi connectivity index (χ3v) is 7.87. The number of furan rings is 1. The van der Waals surface area contributed by atoms with Crippen LogP contribution in [0.3, 0.4) is 0 Å². The maximum absolute atomic E-state index is 13.5. The predicted octanol–water partition coefficient (Wildman–Crippen LogP) is 4.26. The number of aryl methyl sites for hydroxylation is 1. The van der Waals surface area contributed by atoms with Gasteiger partial charge in [0.05, 0.1) is 6.42 Å². The van der Waals surface area contributed by atoms with E-state index in [1.54, 1.807) is 68.5 Å². The molecule has 2 N–H and O–H groups in total. The molecular formula is C32H41N5O6. The van der Waals surface area contributed by atoms with E-state index < -0.39 is 5.91 Å². The Kier molecular flexibility index (Phi) is 10.5. The summed E-state index contributed by atoms with van der Waals surface area (Å²) in [5, 5.41) is 6.24. The molecule has 0 radical (unpaired) electrons. The number of likely N-dealkylation sites (N-methyl/N-ethyl adjacent to an activating group) is 1. The van der Waals surface area contributed by atoms with Crippen LogP contribution < -0.4 is 10.6 Å². The van der Waals surface area contributed by atoms with Gasteiger partial charge in [-0.1, -0.05) is 12.1 Å². The Hall–Kier alpha value is -4.25. The van der Waals surface area contributed by atoms with Crippen LogP contribution >= 0.6 is 0 Å². The first-order chi connectivity index (χ1) is 20.6. The van der Waals surface area contributed by atoms with Crippen LogP contribution in [0.4, 0.5) is 11.5 Å². The molecule has 1 aliphatic rings. The van der Waals surface area contributed by atoms with Crippen LogP contribution in [0.15, 0.2) is 40.9 Å². The molecule has 1 fully saturated rings. The van der Waals surface area contributed by atoms with Crippen LogP contribution in [0.5, 0.6) is 0 Å². The molecule has 1 aromatic carbocycles. The molecular weight excluding hydrogens is 550 g/mol. The van der Waals surface area contributed by atoms with Crippen LogP contribution in [-0.2, 0) is 25.5 Å². The Morgan fingerprint density at radius 1 is 1.00 bits per heavy atom. The van der Waals surface area contributed by atoms with E-state index in [2.05, 4.69) is 15.6 Å². The van der Waals surface area contributed by atoms with Crippen LogP contribution in [0.2, 0.25) is 0 Å². The number of fused-ring (bicyclic) bond motifs is 1. The molecule has 1 aliphatic carbocycles. The van der Waals surface area contributed by atoms with E-state index in [9.17, 15) is 19.2 Å². The lowest BCUT2D eigenvalue weighted by Crippen LogP contribution is -2.35. The zero-order valence-corrected chi connectivity index (χ0v) is 25.6. The Bertz CT molecular complexity index is 1460. The van der Waals surface area contributed by atoms with Gasteiger partial charge in [0.15, 0.2) is 0 Å². The molecule has 43 heavy (non-hydrogen) atoms. The van der Waals surface area contributed by atoms with E-state index in [4.69, 9.17) is 9.15 Å². The topological polar surface area (TPSA) is 134 Å². The highest BCUT2D eigenvalue weighted by molar-refractivity contribution is 6.14. The SMILES string of the molecule is COCCCN(C)C(=O)Cc1ccc2oc(C(=O)Nc3ccc(C)cn3)c(NC(=O)C3CCC(C(=O)N(C)C)CC3)c2c1. The zero-order valence-electron chi connectivity index (χ0n) is 25.6. The van der Waals surface area contributed by atoms with Crippen molar-refractivity contribution in [1.82, 2.24) is 14.8 Å². The third kappa shape index (κ3) is 7.98. The number of aromatic nitrogens is 1. The quantitative estimate of drug-likeness (QED) is 0.318. The Morgan fingerprint density at radius 3 is 2.37 bits per heavy atom. The molecule has 11 nitrogen and oxygen atoms in total. The summed E-state index contributed by atoms with van der Waals surface area (Å²) in [5.74, 6) is -0.880. The van der Waals surface area contributed by atoms with Gasteiger partial charge in [-0.3, -0.25) is 19.2 Å². The van der Waals surface area contributed by atoms with Crippen molar-refractivity contribution in [3.8, 4) is 0 Å². The Labute approximate surface area is 251 Å². The molecule has 11 heteroatoms. The molecule has 0 atom stereocenters. The minimum atomic E-state index is -0.557. The number of hydrogen-bond acceptors (Lipinski definition) is 7. The van der Waals surface area contributed by atoms with E-state index in [0.29, 0.717) is 55.6 Å². The summed E-state index contributed by atoms with van der Waals surface area (Å²) >= 11 is 0. The molecule has 0 unspecified atom stereocenters. The minimum absolute atomic E-state index is 0.0534. The number of methoxy groups -OCH3 is 1. The van der Waals surface area contributed by atoms with E-state index in [-0.39, 0.29) is 47.4 Å². The molecule has 3 aromatic rings. The summed E-state index contributed by atoms with van der Waals surface area (Å²) in [7, 11) is 6.86. The van der Waals surface area contributed by atoms with E-state index >= 15 is 0 Å². The van der Waals surface area contributed by atoms with Crippen molar-refractivity contribution in [3.05, 3.63) is 53.4 Å². The lowest BCUT2D eigenvalue weighted by molar-refractivity contribution is -0.135. The number of amides is 4. The first-order valence-electron chi connectivity index (χ1n) is 14.6. The average Bonchev–Trinajstić information content (AvgIpc) is 3.35. The molecule has 230 valence electrons. The first-order valence-corrected chi connectivity index (χ1v) is 14.6. The normalized spacial score (nSPS) is 16.5. The van der Waals surface area contributed by atoms with Crippen LogP contribution in [0, 0.1) is 18.8 Å². The van der Waals surface area contributed by atoms with E-state index in [1.807, 2.05) is 13.0 Å². The van der Waals surface area contributed by atoms with Crippen molar-refractivity contribution < 1.29 is 28.3 Å². The molecule has 0 bridgehead atoms. The molecule has 4 amide bonds. The Balaban J connectivity index is 1.58. The number of benzene rings is 1. The van der Waals surface area contributed by atoms with Crippen LogP contribution in [0.25, 0.3) is 11.0 Å². The van der Waals surface area contributed by atoms with Gasteiger partial charge in [-0.15, -0.1) is 0 Å². The second-order valence-electron chi connectivity index (χ2n) is 11.4. The van der Waals surface area contributed by atoms with Gasteiger partial charge in [0.2, 0.25) is 23.5 Å². The van der Waals surface area contributed by atoms with Crippen molar-refractivity contribution in [2.24, 2.45) is 11.8 Å². The number of carbonyl (C=O) groups is 4. The van der Waals surface area contributed by atoms with E-state index in [0.717, 1.165) is 17.5 Å². The largest absolute Gasteiger partial charge is 0.449 e. The van der Waals surface area contributed by atoms with Crippen molar-refractivity contribution >= 4 is 46.1 Å². The van der Waals surface area contributed by atoms with Crippen LogP contribution in [0.1, 0.15) is 53.8 Å². The standard InChI is InChI=1S/C32H41N5O6/c1-20-7-14-26(33-19-20)34-31(40)29-28(35-30(39)22-9-11-23(12-10-22)32(41)36(2)3)24-17-21(8-13-25(24)43-29)18-27(38)37(4)15-6-16-42-5/h7-8,13-14,17,19,22-23H,6,9-12,15-16,18H2,1-5H3,(H,35,39)(H,33,34,40). The summed E-state index contributed by atoms with van der Waals surface area (Å²) in [5.41, 5.74) is 2.33. The predicted molar refractivity (Wildman–Crippen MR) is 164 cm³/mol. The third-order valence-electron chi connectivity index (χ3n) is 7.87. The summed E-state index contributed by atoms with van der Waals surface area (Å²) in [6.07, 6.45) is 4.90. The Morgan fingerprint density at radius 2 is 1.72 bits per heavy atom. The highest BCUT2D eigenvalue weighted by Gasteiger charge is 2.32. The number of ether oxygens (including phenoxy) is 1. The molecule has 4 rings (SSSR count). The molecule has 0 saturated heterocycles.